The molecule has 4 heteroatoms. The minimum atomic E-state index is -0.124. The molecule has 0 aromatic rings. The predicted octanol–water partition coefficient (Wildman–Crippen LogP) is -0.454. The van der Waals surface area contributed by atoms with Crippen molar-refractivity contribution in [3.8, 4) is 0 Å². The molecule has 0 aromatic carbocycles. The molecule has 2 unspecified atom stereocenters. The van der Waals surface area contributed by atoms with E-state index in [4.69, 9.17) is 5.73 Å². The zero-order chi connectivity index (χ0) is 9.97. The number of carbonyl (C=O) groups is 1. The SMILES string of the molecule is NC(=O)C1CCCN(C2CCNC2)C1. The fourth-order valence-corrected chi connectivity index (χ4v) is 2.52. The van der Waals surface area contributed by atoms with Crippen molar-refractivity contribution in [1.29, 1.82) is 0 Å². The summed E-state index contributed by atoms with van der Waals surface area (Å²) >= 11 is 0. The zero-order valence-corrected chi connectivity index (χ0v) is 8.54. The zero-order valence-electron chi connectivity index (χ0n) is 8.54. The van der Waals surface area contributed by atoms with Gasteiger partial charge in [-0.25, -0.2) is 0 Å². The summed E-state index contributed by atoms with van der Waals surface area (Å²) in [5, 5.41) is 3.36. The van der Waals surface area contributed by atoms with Crippen LogP contribution in [0.1, 0.15) is 19.3 Å². The first kappa shape index (κ1) is 9.93. The number of likely N-dealkylation sites (tertiary alicyclic amines) is 1. The molecule has 2 saturated heterocycles. The highest BCUT2D eigenvalue weighted by Gasteiger charge is 2.29. The number of primary amides is 1. The lowest BCUT2D eigenvalue weighted by atomic mass is 9.96. The first-order valence-electron chi connectivity index (χ1n) is 5.51. The molecule has 2 aliphatic heterocycles. The highest BCUT2D eigenvalue weighted by Crippen LogP contribution is 2.20. The molecule has 4 nitrogen and oxygen atoms in total. The molecule has 0 saturated carbocycles. The molecule has 1 amide bonds. The molecule has 2 fully saturated rings. The minimum absolute atomic E-state index is 0.0874. The number of carbonyl (C=O) groups excluding carboxylic acids is 1. The van der Waals surface area contributed by atoms with Crippen LogP contribution in [0, 0.1) is 5.92 Å². The average Bonchev–Trinajstić information content (AvgIpc) is 2.71. The van der Waals surface area contributed by atoms with E-state index in [-0.39, 0.29) is 11.8 Å². The lowest BCUT2D eigenvalue weighted by Gasteiger charge is -2.35. The first-order chi connectivity index (χ1) is 6.77. The summed E-state index contributed by atoms with van der Waals surface area (Å²) in [5.41, 5.74) is 5.35. The molecule has 0 spiro atoms. The lowest BCUT2D eigenvalue weighted by molar-refractivity contribution is -0.123. The van der Waals surface area contributed by atoms with E-state index in [1.807, 2.05) is 0 Å². The van der Waals surface area contributed by atoms with Gasteiger partial charge >= 0.3 is 0 Å². The maximum absolute atomic E-state index is 11.1. The Morgan fingerprint density at radius 1 is 1.43 bits per heavy atom. The molecule has 14 heavy (non-hydrogen) atoms. The summed E-state index contributed by atoms with van der Waals surface area (Å²) in [6.07, 6.45) is 3.31. The van der Waals surface area contributed by atoms with Gasteiger partial charge in [0.1, 0.15) is 0 Å². The summed E-state index contributed by atoms with van der Waals surface area (Å²) in [5.74, 6) is -0.0370. The van der Waals surface area contributed by atoms with Crippen molar-refractivity contribution in [1.82, 2.24) is 10.2 Å². The van der Waals surface area contributed by atoms with Crippen LogP contribution in [0.4, 0.5) is 0 Å². The third-order valence-electron chi connectivity index (χ3n) is 3.41. The molecule has 0 aromatic heterocycles. The highest BCUT2D eigenvalue weighted by molar-refractivity contribution is 5.76. The van der Waals surface area contributed by atoms with Gasteiger partial charge in [0.15, 0.2) is 0 Å². The van der Waals surface area contributed by atoms with Gasteiger partial charge in [-0.15, -0.1) is 0 Å². The highest BCUT2D eigenvalue weighted by atomic mass is 16.1. The van der Waals surface area contributed by atoms with E-state index in [9.17, 15) is 4.79 Å². The van der Waals surface area contributed by atoms with E-state index in [2.05, 4.69) is 10.2 Å². The quantitative estimate of drug-likeness (QED) is 0.630. The van der Waals surface area contributed by atoms with Crippen molar-refractivity contribution >= 4 is 5.91 Å². The molecule has 0 radical (unpaired) electrons. The Bertz CT molecular complexity index is 213. The van der Waals surface area contributed by atoms with Crippen LogP contribution >= 0.6 is 0 Å². The van der Waals surface area contributed by atoms with Crippen LogP contribution in [0.2, 0.25) is 0 Å². The normalized spacial score (nSPS) is 34.6. The van der Waals surface area contributed by atoms with Crippen LogP contribution in [0.25, 0.3) is 0 Å². The standard InChI is InChI=1S/C10H19N3O/c11-10(14)8-2-1-5-13(7-8)9-3-4-12-6-9/h8-9,12H,1-7H2,(H2,11,14). The summed E-state index contributed by atoms with van der Waals surface area (Å²) < 4.78 is 0. The van der Waals surface area contributed by atoms with Crippen LogP contribution < -0.4 is 11.1 Å². The van der Waals surface area contributed by atoms with Gasteiger partial charge in [0.2, 0.25) is 5.91 Å². The van der Waals surface area contributed by atoms with Crippen molar-refractivity contribution in [3.05, 3.63) is 0 Å². The fourth-order valence-electron chi connectivity index (χ4n) is 2.52. The Hall–Kier alpha value is -0.610. The first-order valence-corrected chi connectivity index (χ1v) is 5.51. The summed E-state index contributed by atoms with van der Waals surface area (Å²) in [7, 11) is 0. The molecule has 2 rings (SSSR count). The van der Waals surface area contributed by atoms with Crippen molar-refractivity contribution in [2.75, 3.05) is 26.2 Å². The predicted molar refractivity (Wildman–Crippen MR) is 54.8 cm³/mol. The maximum atomic E-state index is 11.1. The number of piperidine rings is 1. The number of hydrogen-bond acceptors (Lipinski definition) is 3. The van der Waals surface area contributed by atoms with E-state index in [1.54, 1.807) is 0 Å². The van der Waals surface area contributed by atoms with Gasteiger partial charge in [-0.2, -0.15) is 0 Å². The molecule has 2 aliphatic rings. The molecule has 2 atom stereocenters. The largest absolute Gasteiger partial charge is 0.369 e. The Balaban J connectivity index is 1.89. The van der Waals surface area contributed by atoms with Gasteiger partial charge in [-0.1, -0.05) is 0 Å². The number of nitrogens with one attached hydrogen (secondary N) is 1. The number of hydrogen-bond donors (Lipinski definition) is 2. The number of amides is 1. The number of nitrogens with zero attached hydrogens (tertiary/aromatic N) is 1. The van der Waals surface area contributed by atoms with Crippen molar-refractivity contribution < 1.29 is 4.79 Å². The summed E-state index contributed by atoms with van der Waals surface area (Å²) in [6.45, 7) is 4.20. The summed E-state index contributed by atoms with van der Waals surface area (Å²) in [4.78, 5) is 13.5. The lowest BCUT2D eigenvalue weighted by Crippen LogP contribution is -2.46. The van der Waals surface area contributed by atoms with Crippen LogP contribution in [-0.2, 0) is 4.79 Å². The van der Waals surface area contributed by atoms with Crippen LogP contribution in [0.15, 0.2) is 0 Å². The smallest absolute Gasteiger partial charge is 0.221 e. The minimum Gasteiger partial charge on any atom is -0.369 e. The third kappa shape index (κ3) is 2.07. The fraction of sp³-hybridized carbons (Fsp3) is 0.900. The van der Waals surface area contributed by atoms with Crippen LogP contribution in [0.5, 0.6) is 0 Å². The maximum Gasteiger partial charge on any atom is 0.221 e. The van der Waals surface area contributed by atoms with Crippen molar-refractivity contribution in [2.24, 2.45) is 11.7 Å². The second-order valence-electron chi connectivity index (χ2n) is 4.38. The van der Waals surface area contributed by atoms with Crippen molar-refractivity contribution in [3.63, 3.8) is 0 Å². The van der Waals surface area contributed by atoms with E-state index >= 15 is 0 Å². The molecular formula is C10H19N3O. The van der Waals surface area contributed by atoms with Gasteiger partial charge in [0, 0.05) is 19.1 Å². The summed E-state index contributed by atoms with van der Waals surface area (Å²) in [6, 6.07) is 0.636. The molecular weight excluding hydrogens is 178 g/mol. The molecule has 2 heterocycles. The monoisotopic (exact) mass is 197 g/mol. The van der Waals surface area contributed by atoms with Crippen LogP contribution in [-0.4, -0.2) is 43.0 Å². The van der Waals surface area contributed by atoms with Crippen molar-refractivity contribution in [2.45, 2.75) is 25.3 Å². The second kappa shape index (κ2) is 4.28. The van der Waals surface area contributed by atoms with E-state index in [0.717, 1.165) is 39.0 Å². The molecule has 3 N–H and O–H groups in total. The van der Waals surface area contributed by atoms with Crippen LogP contribution in [0.3, 0.4) is 0 Å². The van der Waals surface area contributed by atoms with Gasteiger partial charge in [-0.3, -0.25) is 9.69 Å². The van der Waals surface area contributed by atoms with E-state index in [0.29, 0.717) is 6.04 Å². The Labute approximate surface area is 84.8 Å². The van der Waals surface area contributed by atoms with E-state index < -0.39 is 0 Å². The van der Waals surface area contributed by atoms with Gasteiger partial charge < -0.3 is 11.1 Å². The van der Waals surface area contributed by atoms with Gasteiger partial charge in [0.25, 0.3) is 0 Å². The van der Waals surface area contributed by atoms with Gasteiger partial charge in [0.05, 0.1) is 5.92 Å². The second-order valence-corrected chi connectivity index (χ2v) is 4.38. The van der Waals surface area contributed by atoms with Gasteiger partial charge in [-0.05, 0) is 32.4 Å². The molecule has 0 aliphatic carbocycles. The Kier molecular flexibility index (Phi) is 3.03. The Morgan fingerprint density at radius 3 is 2.93 bits per heavy atom. The van der Waals surface area contributed by atoms with E-state index in [1.165, 1.54) is 6.42 Å². The molecule has 0 bridgehead atoms. The number of rotatable bonds is 2. The molecule has 80 valence electrons. The Morgan fingerprint density at radius 2 is 2.29 bits per heavy atom. The third-order valence-corrected chi connectivity index (χ3v) is 3.41. The topological polar surface area (TPSA) is 58.4 Å². The number of nitrogens with two attached hydrogens (primary N) is 1. The average molecular weight is 197 g/mol.